The van der Waals surface area contributed by atoms with E-state index in [1.807, 2.05) is 26.1 Å². The van der Waals surface area contributed by atoms with Gasteiger partial charge in [0.25, 0.3) is 5.91 Å². The highest BCUT2D eigenvalue weighted by molar-refractivity contribution is 6.05. The fourth-order valence-electron chi connectivity index (χ4n) is 3.19. The zero-order valence-electron chi connectivity index (χ0n) is 13.0. The number of aromatic nitrogens is 2. The quantitative estimate of drug-likeness (QED) is 0.920. The van der Waals surface area contributed by atoms with Crippen LogP contribution in [0.5, 0.6) is 0 Å². The van der Waals surface area contributed by atoms with Crippen LogP contribution < -0.4 is 5.32 Å². The molecule has 1 aromatic carbocycles. The van der Waals surface area contributed by atoms with Gasteiger partial charge in [-0.1, -0.05) is 26.0 Å². The molecule has 0 spiro atoms. The third-order valence-corrected chi connectivity index (χ3v) is 4.41. The molecular formula is C17H21N3O. The number of nitrogens with one attached hydrogen (secondary N) is 1. The van der Waals surface area contributed by atoms with E-state index in [0.29, 0.717) is 5.56 Å². The molecule has 1 heterocycles. The Morgan fingerprint density at radius 3 is 2.81 bits per heavy atom. The minimum Gasteiger partial charge on any atom is -0.322 e. The second-order valence-corrected chi connectivity index (χ2v) is 6.47. The zero-order chi connectivity index (χ0) is 15.2. The molecule has 0 unspecified atom stereocenters. The van der Waals surface area contributed by atoms with E-state index >= 15 is 0 Å². The first kappa shape index (κ1) is 13.9. The third kappa shape index (κ3) is 2.35. The smallest absolute Gasteiger partial charge is 0.259 e. The molecule has 0 saturated heterocycles. The Bertz CT molecular complexity index is 713. The molecule has 1 aliphatic rings. The molecule has 1 aromatic heterocycles. The molecule has 1 N–H and O–H groups in total. The van der Waals surface area contributed by atoms with Crippen LogP contribution in [-0.4, -0.2) is 15.7 Å². The van der Waals surface area contributed by atoms with Crippen LogP contribution in [0.25, 0.3) is 0 Å². The normalized spacial score (nSPS) is 15.8. The van der Waals surface area contributed by atoms with Crippen molar-refractivity contribution in [1.82, 2.24) is 9.78 Å². The van der Waals surface area contributed by atoms with Crippen molar-refractivity contribution in [3.8, 4) is 0 Å². The third-order valence-electron chi connectivity index (χ3n) is 4.41. The van der Waals surface area contributed by atoms with E-state index in [9.17, 15) is 4.79 Å². The Hall–Kier alpha value is -2.10. The molecule has 2 aromatic rings. The number of nitrogens with zero attached hydrogens (tertiary/aromatic N) is 2. The second kappa shape index (κ2) is 4.72. The number of benzene rings is 1. The van der Waals surface area contributed by atoms with Gasteiger partial charge in [-0.3, -0.25) is 9.48 Å². The van der Waals surface area contributed by atoms with E-state index in [-0.39, 0.29) is 11.3 Å². The van der Waals surface area contributed by atoms with Crippen LogP contribution in [0.3, 0.4) is 0 Å². The highest BCUT2D eigenvalue weighted by atomic mass is 16.1. The van der Waals surface area contributed by atoms with Gasteiger partial charge in [0, 0.05) is 18.9 Å². The van der Waals surface area contributed by atoms with E-state index in [4.69, 9.17) is 0 Å². The summed E-state index contributed by atoms with van der Waals surface area (Å²) in [6, 6.07) is 6.19. The van der Waals surface area contributed by atoms with E-state index in [1.165, 1.54) is 11.1 Å². The summed E-state index contributed by atoms with van der Waals surface area (Å²) in [6.45, 7) is 6.37. The second-order valence-electron chi connectivity index (χ2n) is 6.47. The summed E-state index contributed by atoms with van der Waals surface area (Å²) in [4.78, 5) is 12.4. The standard InChI is InChI=1S/C17H21N3O/c1-11-13(10-20(4)19-11)16(21)18-15-7-5-6-14-12(15)8-9-17(14,2)3/h5-7,10H,8-9H2,1-4H3,(H,18,21). The topological polar surface area (TPSA) is 46.9 Å². The minimum atomic E-state index is -0.0845. The predicted octanol–water partition coefficient (Wildman–Crippen LogP) is 3.20. The van der Waals surface area contributed by atoms with Crippen molar-refractivity contribution in [3.63, 3.8) is 0 Å². The average molecular weight is 283 g/mol. The van der Waals surface area contributed by atoms with E-state index in [2.05, 4.69) is 30.3 Å². The monoisotopic (exact) mass is 283 g/mol. The maximum absolute atomic E-state index is 12.4. The van der Waals surface area contributed by atoms with Gasteiger partial charge in [0.05, 0.1) is 11.3 Å². The van der Waals surface area contributed by atoms with Crippen LogP contribution in [0, 0.1) is 6.92 Å². The number of fused-ring (bicyclic) bond motifs is 1. The van der Waals surface area contributed by atoms with Gasteiger partial charge in [0.15, 0.2) is 0 Å². The Labute approximate surface area is 125 Å². The molecule has 0 radical (unpaired) electrons. The predicted molar refractivity (Wildman–Crippen MR) is 83.7 cm³/mol. The average Bonchev–Trinajstić information content (AvgIpc) is 2.91. The highest BCUT2D eigenvalue weighted by Crippen LogP contribution is 2.41. The number of amides is 1. The molecule has 0 atom stereocenters. The molecule has 0 saturated carbocycles. The van der Waals surface area contributed by atoms with Gasteiger partial charge in [-0.25, -0.2) is 0 Å². The van der Waals surface area contributed by atoms with Crippen molar-refractivity contribution in [3.05, 3.63) is 46.8 Å². The Morgan fingerprint density at radius 1 is 1.38 bits per heavy atom. The number of anilines is 1. The van der Waals surface area contributed by atoms with E-state index in [0.717, 1.165) is 24.2 Å². The summed E-state index contributed by atoms with van der Waals surface area (Å²) in [7, 11) is 1.83. The van der Waals surface area contributed by atoms with Gasteiger partial charge in [-0.05, 0) is 42.4 Å². The summed E-state index contributed by atoms with van der Waals surface area (Å²) < 4.78 is 1.67. The van der Waals surface area contributed by atoms with Crippen LogP contribution in [0.1, 0.15) is 47.4 Å². The zero-order valence-corrected chi connectivity index (χ0v) is 13.0. The number of hydrogen-bond acceptors (Lipinski definition) is 2. The number of carbonyl (C=O) groups excluding carboxylic acids is 1. The summed E-state index contributed by atoms with van der Waals surface area (Å²) in [5.41, 5.74) is 5.14. The Balaban J connectivity index is 1.92. The largest absolute Gasteiger partial charge is 0.322 e. The Morgan fingerprint density at radius 2 is 2.14 bits per heavy atom. The van der Waals surface area contributed by atoms with Gasteiger partial charge in [0.2, 0.25) is 0 Å². The molecular weight excluding hydrogens is 262 g/mol. The van der Waals surface area contributed by atoms with Crippen molar-refractivity contribution in [2.45, 2.75) is 39.0 Å². The lowest BCUT2D eigenvalue weighted by molar-refractivity contribution is 0.102. The summed E-state index contributed by atoms with van der Waals surface area (Å²) in [5, 5.41) is 7.28. The Kier molecular flexibility index (Phi) is 3.12. The summed E-state index contributed by atoms with van der Waals surface area (Å²) in [6.07, 6.45) is 3.91. The van der Waals surface area contributed by atoms with Crippen LogP contribution in [-0.2, 0) is 18.9 Å². The van der Waals surface area contributed by atoms with Crippen LogP contribution in [0.4, 0.5) is 5.69 Å². The molecule has 4 heteroatoms. The van der Waals surface area contributed by atoms with Crippen LogP contribution >= 0.6 is 0 Å². The molecule has 21 heavy (non-hydrogen) atoms. The van der Waals surface area contributed by atoms with Crippen LogP contribution in [0.2, 0.25) is 0 Å². The van der Waals surface area contributed by atoms with Gasteiger partial charge in [-0.15, -0.1) is 0 Å². The highest BCUT2D eigenvalue weighted by Gasteiger charge is 2.31. The molecule has 110 valence electrons. The number of hydrogen-bond donors (Lipinski definition) is 1. The maximum atomic E-state index is 12.4. The maximum Gasteiger partial charge on any atom is 0.259 e. The number of carbonyl (C=O) groups is 1. The van der Waals surface area contributed by atoms with E-state index in [1.54, 1.807) is 10.9 Å². The van der Waals surface area contributed by atoms with Crippen molar-refractivity contribution in [1.29, 1.82) is 0 Å². The van der Waals surface area contributed by atoms with Crippen molar-refractivity contribution in [2.24, 2.45) is 7.05 Å². The lowest BCUT2D eigenvalue weighted by Gasteiger charge is -2.19. The first-order valence-electron chi connectivity index (χ1n) is 7.32. The number of rotatable bonds is 2. The van der Waals surface area contributed by atoms with Gasteiger partial charge in [-0.2, -0.15) is 5.10 Å². The lowest BCUT2D eigenvalue weighted by Crippen LogP contribution is -2.15. The first-order valence-corrected chi connectivity index (χ1v) is 7.32. The lowest BCUT2D eigenvalue weighted by atomic mass is 9.86. The fourth-order valence-corrected chi connectivity index (χ4v) is 3.19. The number of aryl methyl sites for hydroxylation is 2. The van der Waals surface area contributed by atoms with Crippen LogP contribution in [0.15, 0.2) is 24.4 Å². The molecule has 0 bridgehead atoms. The molecule has 1 aliphatic carbocycles. The van der Waals surface area contributed by atoms with Crippen molar-refractivity contribution in [2.75, 3.05) is 5.32 Å². The van der Waals surface area contributed by atoms with Gasteiger partial charge in [0.1, 0.15) is 0 Å². The van der Waals surface area contributed by atoms with E-state index < -0.39 is 0 Å². The molecule has 0 fully saturated rings. The molecule has 3 rings (SSSR count). The van der Waals surface area contributed by atoms with Crippen molar-refractivity contribution < 1.29 is 4.79 Å². The minimum absolute atomic E-state index is 0.0845. The fraction of sp³-hybridized carbons (Fsp3) is 0.412. The summed E-state index contributed by atoms with van der Waals surface area (Å²) in [5.74, 6) is -0.0845. The van der Waals surface area contributed by atoms with Gasteiger partial charge < -0.3 is 5.32 Å². The van der Waals surface area contributed by atoms with Crippen molar-refractivity contribution >= 4 is 11.6 Å². The first-order chi connectivity index (χ1) is 9.88. The summed E-state index contributed by atoms with van der Waals surface area (Å²) >= 11 is 0. The molecule has 4 nitrogen and oxygen atoms in total. The van der Waals surface area contributed by atoms with Gasteiger partial charge >= 0.3 is 0 Å². The SMILES string of the molecule is Cc1nn(C)cc1C(=O)Nc1cccc2c1CCC2(C)C. The molecule has 0 aliphatic heterocycles. The molecule has 1 amide bonds.